The molecule has 0 spiro atoms. The minimum absolute atomic E-state index is 0.195. The van der Waals surface area contributed by atoms with Gasteiger partial charge in [0.25, 0.3) is 0 Å². The molecule has 0 amide bonds. The molecule has 1 aromatic carbocycles. The number of nitrogens with one attached hydrogen (secondary N) is 1. The van der Waals surface area contributed by atoms with E-state index in [0.717, 1.165) is 44.5 Å². The molecule has 6 rings (SSSR count). The van der Waals surface area contributed by atoms with Crippen molar-refractivity contribution in [2.24, 2.45) is 11.8 Å². The lowest BCUT2D eigenvalue weighted by molar-refractivity contribution is -0.140. The van der Waals surface area contributed by atoms with Gasteiger partial charge in [0.05, 0.1) is 5.56 Å². The van der Waals surface area contributed by atoms with Gasteiger partial charge in [0.2, 0.25) is 5.95 Å². The fourth-order valence-corrected chi connectivity index (χ4v) is 5.88. The Morgan fingerprint density at radius 1 is 1.09 bits per heavy atom. The maximum absolute atomic E-state index is 13.8. The number of piperidine rings is 1. The normalized spacial score (nSPS) is 26.1. The summed E-state index contributed by atoms with van der Waals surface area (Å²) in [4.78, 5) is 11.2. The number of alkyl halides is 3. The summed E-state index contributed by atoms with van der Waals surface area (Å²) in [5.74, 6) is 0.816. The van der Waals surface area contributed by atoms with E-state index in [-0.39, 0.29) is 12.0 Å². The largest absolute Gasteiger partial charge is 0.419 e. The molecule has 1 saturated carbocycles. The highest BCUT2D eigenvalue weighted by atomic mass is 19.4. The molecule has 35 heavy (non-hydrogen) atoms. The van der Waals surface area contributed by atoms with Gasteiger partial charge in [0, 0.05) is 31.6 Å². The molecule has 0 radical (unpaired) electrons. The Hall–Kier alpha value is -3.18. The topological polar surface area (TPSA) is 84.9 Å². The third kappa shape index (κ3) is 4.02. The molecular weight excluding hydrogens is 466 g/mol. The van der Waals surface area contributed by atoms with E-state index in [1.54, 1.807) is 11.6 Å². The number of anilines is 2. The number of halogens is 4. The predicted molar refractivity (Wildman–Crippen MR) is 117 cm³/mol. The number of hydrogen-bond acceptors (Lipinski definition) is 7. The standard InChI is InChI=1S/C23H25F4N7O/c1-12-28-22(35-32-12)33-10-14-4-5-15(11-33)19(14)29-21-30-20-16(3-2-8-34(20)31-21)13-6-7-18(24)17(9-13)23(25,26)27/h6-7,9,14-16,19H,2-5,8,10-11H2,1H3,(H,29,31)/t14-,15+,16?,19?. The lowest BCUT2D eigenvalue weighted by atomic mass is 9.90. The van der Waals surface area contributed by atoms with Crippen LogP contribution in [0.5, 0.6) is 0 Å². The first-order valence-electron chi connectivity index (χ1n) is 11.9. The fourth-order valence-electron chi connectivity index (χ4n) is 5.88. The molecular formula is C23H25F4N7O. The van der Waals surface area contributed by atoms with Gasteiger partial charge in [-0.1, -0.05) is 11.2 Å². The van der Waals surface area contributed by atoms with E-state index in [2.05, 4.69) is 25.5 Å². The van der Waals surface area contributed by atoms with Crippen LogP contribution in [0.25, 0.3) is 0 Å². The van der Waals surface area contributed by atoms with Crippen LogP contribution in [0.3, 0.4) is 0 Å². The Labute approximate surface area is 198 Å². The van der Waals surface area contributed by atoms with Crippen molar-refractivity contribution in [3.8, 4) is 0 Å². The molecule has 12 heteroatoms. The van der Waals surface area contributed by atoms with Gasteiger partial charge in [0.1, 0.15) is 11.6 Å². The number of rotatable bonds is 4. The smallest absolute Gasteiger partial charge is 0.350 e. The summed E-state index contributed by atoms with van der Waals surface area (Å²) in [5, 5.41) is 12.0. The third-order valence-electron chi connectivity index (χ3n) is 7.49. The first kappa shape index (κ1) is 22.3. The molecule has 2 unspecified atom stereocenters. The van der Waals surface area contributed by atoms with Crippen molar-refractivity contribution in [3.05, 3.63) is 46.8 Å². The summed E-state index contributed by atoms with van der Waals surface area (Å²) in [5.41, 5.74) is -0.841. The van der Waals surface area contributed by atoms with Crippen molar-refractivity contribution in [2.75, 3.05) is 23.3 Å². The summed E-state index contributed by atoms with van der Waals surface area (Å²) >= 11 is 0. The molecule has 4 atom stereocenters. The van der Waals surface area contributed by atoms with Crippen LogP contribution >= 0.6 is 0 Å². The van der Waals surface area contributed by atoms with Crippen LogP contribution in [-0.4, -0.2) is 44.0 Å². The Morgan fingerprint density at radius 3 is 2.54 bits per heavy atom. The Balaban J connectivity index is 1.22. The number of benzene rings is 1. The first-order valence-corrected chi connectivity index (χ1v) is 11.9. The maximum atomic E-state index is 13.8. The van der Waals surface area contributed by atoms with Crippen molar-refractivity contribution in [2.45, 2.75) is 57.3 Å². The van der Waals surface area contributed by atoms with Crippen LogP contribution in [0, 0.1) is 24.6 Å². The third-order valence-corrected chi connectivity index (χ3v) is 7.49. The fraction of sp³-hybridized carbons (Fsp3) is 0.565. The van der Waals surface area contributed by atoms with E-state index in [4.69, 9.17) is 9.51 Å². The molecule has 2 bridgehead atoms. The van der Waals surface area contributed by atoms with Crippen LogP contribution in [0.2, 0.25) is 0 Å². The van der Waals surface area contributed by atoms with Crippen molar-refractivity contribution in [1.82, 2.24) is 24.9 Å². The van der Waals surface area contributed by atoms with Crippen molar-refractivity contribution < 1.29 is 22.1 Å². The van der Waals surface area contributed by atoms with E-state index in [1.807, 2.05) is 0 Å². The Kier molecular flexibility index (Phi) is 5.22. The molecule has 1 N–H and O–H groups in total. The van der Waals surface area contributed by atoms with Crippen LogP contribution in [0.1, 0.15) is 54.4 Å². The average molecular weight is 491 g/mol. The Bertz CT molecular complexity index is 1220. The number of fused-ring (bicyclic) bond motifs is 3. The van der Waals surface area contributed by atoms with E-state index in [0.29, 0.717) is 54.0 Å². The summed E-state index contributed by atoms with van der Waals surface area (Å²) in [6, 6.07) is 3.96. The van der Waals surface area contributed by atoms with E-state index >= 15 is 0 Å². The van der Waals surface area contributed by atoms with Gasteiger partial charge in [0.15, 0.2) is 5.82 Å². The second kappa shape index (κ2) is 8.20. The highest BCUT2D eigenvalue weighted by molar-refractivity contribution is 5.37. The predicted octanol–water partition coefficient (Wildman–Crippen LogP) is 4.38. The quantitative estimate of drug-likeness (QED) is 0.542. The van der Waals surface area contributed by atoms with E-state index in [9.17, 15) is 17.6 Å². The van der Waals surface area contributed by atoms with Crippen LogP contribution in [-0.2, 0) is 12.7 Å². The molecule has 8 nitrogen and oxygen atoms in total. The van der Waals surface area contributed by atoms with Crippen LogP contribution in [0.4, 0.5) is 29.5 Å². The highest BCUT2D eigenvalue weighted by Crippen LogP contribution is 2.41. The van der Waals surface area contributed by atoms with Gasteiger partial charge >= 0.3 is 12.2 Å². The summed E-state index contributed by atoms with van der Waals surface area (Å²) in [6.07, 6.45) is -1.22. The first-order chi connectivity index (χ1) is 16.8. The van der Waals surface area contributed by atoms with Crippen molar-refractivity contribution in [1.29, 1.82) is 0 Å². The molecule has 4 heterocycles. The highest BCUT2D eigenvalue weighted by Gasteiger charge is 2.44. The van der Waals surface area contributed by atoms with E-state index < -0.39 is 17.6 Å². The molecule has 3 aromatic rings. The van der Waals surface area contributed by atoms with Gasteiger partial charge < -0.3 is 14.7 Å². The lowest BCUT2D eigenvalue weighted by Gasteiger charge is -2.37. The zero-order chi connectivity index (χ0) is 24.3. The SMILES string of the molecule is Cc1noc(N2C[C@H]3CC[C@@H](C2)C3Nc2nc3n(n2)CCCC3c2ccc(F)c(C(F)(F)F)c2)n1. The van der Waals surface area contributed by atoms with Gasteiger partial charge in [-0.25, -0.2) is 9.07 Å². The lowest BCUT2D eigenvalue weighted by Crippen LogP contribution is -2.48. The number of hydrogen-bond donors (Lipinski definition) is 1. The summed E-state index contributed by atoms with van der Waals surface area (Å²) in [6.45, 7) is 4.03. The number of nitrogens with zero attached hydrogens (tertiary/aromatic N) is 6. The van der Waals surface area contributed by atoms with Gasteiger partial charge in [-0.05, 0) is 62.1 Å². The number of aryl methyl sites for hydroxylation is 2. The molecule has 2 fully saturated rings. The summed E-state index contributed by atoms with van der Waals surface area (Å²) < 4.78 is 60.8. The minimum Gasteiger partial charge on any atom is -0.350 e. The average Bonchev–Trinajstić information content (AvgIpc) is 3.48. The van der Waals surface area contributed by atoms with Gasteiger partial charge in [-0.15, -0.1) is 5.10 Å². The van der Waals surface area contributed by atoms with Gasteiger partial charge in [-0.2, -0.15) is 23.1 Å². The molecule has 1 saturated heterocycles. The number of aromatic nitrogens is 5. The summed E-state index contributed by atoms with van der Waals surface area (Å²) in [7, 11) is 0. The maximum Gasteiger partial charge on any atom is 0.419 e. The van der Waals surface area contributed by atoms with Crippen molar-refractivity contribution >= 4 is 12.0 Å². The Morgan fingerprint density at radius 2 is 1.86 bits per heavy atom. The minimum atomic E-state index is -4.75. The molecule has 186 valence electrons. The molecule has 2 aromatic heterocycles. The monoisotopic (exact) mass is 491 g/mol. The van der Waals surface area contributed by atoms with Crippen LogP contribution in [0.15, 0.2) is 22.7 Å². The van der Waals surface area contributed by atoms with Crippen LogP contribution < -0.4 is 10.2 Å². The second-order valence-electron chi connectivity index (χ2n) is 9.75. The zero-order valence-corrected chi connectivity index (χ0v) is 19.1. The second-order valence-corrected chi connectivity index (χ2v) is 9.75. The van der Waals surface area contributed by atoms with Gasteiger partial charge in [-0.3, -0.25) is 0 Å². The van der Waals surface area contributed by atoms with Crippen molar-refractivity contribution in [3.63, 3.8) is 0 Å². The molecule has 1 aliphatic carbocycles. The molecule has 2 aliphatic heterocycles. The molecule has 3 aliphatic rings. The zero-order valence-electron chi connectivity index (χ0n) is 19.1. The van der Waals surface area contributed by atoms with E-state index in [1.165, 1.54) is 6.07 Å².